The van der Waals surface area contributed by atoms with Crippen LogP contribution in [0.5, 0.6) is 0 Å². The minimum absolute atomic E-state index is 0.247. The topological polar surface area (TPSA) is 12.0 Å². The lowest BCUT2D eigenvalue weighted by molar-refractivity contribution is -0.135. The lowest BCUT2D eigenvalue weighted by Gasteiger charge is -2.38. The molecule has 1 rings (SSSR count). The van der Waals surface area contributed by atoms with E-state index in [1.54, 1.807) is 0 Å². The third-order valence-electron chi connectivity index (χ3n) is 3.44. The SMILES string of the molecule is CC(C)C1CC(NCCCCC(F)(F)F)C1. The van der Waals surface area contributed by atoms with Crippen LogP contribution in [0.25, 0.3) is 0 Å². The van der Waals surface area contributed by atoms with Gasteiger partial charge >= 0.3 is 6.18 Å². The van der Waals surface area contributed by atoms with Crippen molar-refractivity contribution in [3.63, 3.8) is 0 Å². The summed E-state index contributed by atoms with van der Waals surface area (Å²) < 4.78 is 35.5. The molecule has 0 aromatic carbocycles. The molecule has 16 heavy (non-hydrogen) atoms. The number of alkyl halides is 3. The summed E-state index contributed by atoms with van der Waals surface area (Å²) in [5.74, 6) is 1.55. The van der Waals surface area contributed by atoms with Crippen LogP contribution in [0.1, 0.15) is 46.0 Å². The standard InChI is InChI=1S/C12H22F3N/c1-9(2)10-7-11(8-10)16-6-4-3-5-12(13,14)15/h9-11,16H,3-8H2,1-2H3. The molecule has 1 aliphatic rings. The lowest BCUT2D eigenvalue weighted by Crippen LogP contribution is -2.43. The Hall–Kier alpha value is -0.250. The Morgan fingerprint density at radius 3 is 2.31 bits per heavy atom. The van der Waals surface area contributed by atoms with Gasteiger partial charge in [0.15, 0.2) is 0 Å². The van der Waals surface area contributed by atoms with Gasteiger partial charge in [0.05, 0.1) is 0 Å². The van der Waals surface area contributed by atoms with Crippen LogP contribution in [0.15, 0.2) is 0 Å². The monoisotopic (exact) mass is 237 g/mol. The fraction of sp³-hybridized carbons (Fsp3) is 1.00. The predicted octanol–water partition coefficient (Wildman–Crippen LogP) is 3.74. The van der Waals surface area contributed by atoms with E-state index in [0.29, 0.717) is 12.5 Å². The van der Waals surface area contributed by atoms with Crippen molar-refractivity contribution in [3.8, 4) is 0 Å². The number of halogens is 3. The largest absolute Gasteiger partial charge is 0.389 e. The van der Waals surface area contributed by atoms with Crippen molar-refractivity contribution in [1.29, 1.82) is 0 Å². The highest BCUT2D eigenvalue weighted by atomic mass is 19.4. The second kappa shape index (κ2) is 5.89. The molecular weight excluding hydrogens is 215 g/mol. The van der Waals surface area contributed by atoms with Gasteiger partial charge in [-0.15, -0.1) is 0 Å². The van der Waals surface area contributed by atoms with Crippen LogP contribution in [-0.4, -0.2) is 18.8 Å². The maximum absolute atomic E-state index is 11.8. The molecule has 1 aliphatic carbocycles. The van der Waals surface area contributed by atoms with Crippen molar-refractivity contribution < 1.29 is 13.2 Å². The lowest BCUT2D eigenvalue weighted by atomic mass is 9.74. The maximum atomic E-state index is 11.8. The van der Waals surface area contributed by atoms with Gasteiger partial charge in [-0.3, -0.25) is 0 Å². The molecule has 0 bridgehead atoms. The highest BCUT2D eigenvalue weighted by molar-refractivity contribution is 4.86. The molecule has 1 nitrogen and oxygen atoms in total. The minimum Gasteiger partial charge on any atom is -0.314 e. The number of hydrogen-bond donors (Lipinski definition) is 1. The van der Waals surface area contributed by atoms with E-state index in [-0.39, 0.29) is 6.42 Å². The fourth-order valence-electron chi connectivity index (χ4n) is 2.13. The first-order valence-electron chi connectivity index (χ1n) is 6.18. The molecule has 0 heterocycles. The van der Waals surface area contributed by atoms with E-state index in [1.165, 1.54) is 12.8 Å². The Bertz CT molecular complexity index is 195. The smallest absolute Gasteiger partial charge is 0.314 e. The molecule has 96 valence electrons. The van der Waals surface area contributed by atoms with Crippen LogP contribution in [0.2, 0.25) is 0 Å². The van der Waals surface area contributed by atoms with E-state index < -0.39 is 12.6 Å². The summed E-state index contributed by atoms with van der Waals surface area (Å²) in [4.78, 5) is 0. The van der Waals surface area contributed by atoms with Crippen LogP contribution < -0.4 is 5.32 Å². The molecule has 0 spiro atoms. The predicted molar refractivity (Wildman–Crippen MR) is 59.3 cm³/mol. The average Bonchev–Trinajstić information content (AvgIpc) is 2.04. The van der Waals surface area contributed by atoms with Crippen molar-refractivity contribution in [2.45, 2.75) is 58.2 Å². The summed E-state index contributed by atoms with van der Waals surface area (Å²) >= 11 is 0. The quantitative estimate of drug-likeness (QED) is 0.694. The number of nitrogens with one attached hydrogen (secondary N) is 1. The van der Waals surface area contributed by atoms with Crippen molar-refractivity contribution in [1.82, 2.24) is 5.32 Å². The van der Waals surface area contributed by atoms with Gasteiger partial charge in [-0.2, -0.15) is 13.2 Å². The van der Waals surface area contributed by atoms with Gasteiger partial charge in [-0.1, -0.05) is 13.8 Å². The van der Waals surface area contributed by atoms with E-state index in [4.69, 9.17) is 0 Å². The molecule has 4 heteroatoms. The third-order valence-corrected chi connectivity index (χ3v) is 3.44. The second-order valence-corrected chi connectivity index (χ2v) is 5.20. The van der Waals surface area contributed by atoms with Crippen LogP contribution >= 0.6 is 0 Å². The van der Waals surface area contributed by atoms with E-state index in [1.807, 2.05) is 0 Å². The zero-order valence-corrected chi connectivity index (χ0v) is 10.1. The van der Waals surface area contributed by atoms with Gasteiger partial charge in [-0.25, -0.2) is 0 Å². The number of hydrogen-bond acceptors (Lipinski definition) is 1. The molecule has 1 fully saturated rings. The summed E-state index contributed by atoms with van der Waals surface area (Å²) in [7, 11) is 0. The molecule has 0 radical (unpaired) electrons. The first-order chi connectivity index (χ1) is 7.38. The number of unbranched alkanes of at least 4 members (excludes halogenated alkanes) is 1. The van der Waals surface area contributed by atoms with Crippen molar-refractivity contribution in [2.75, 3.05) is 6.54 Å². The zero-order chi connectivity index (χ0) is 12.2. The van der Waals surface area contributed by atoms with Crippen molar-refractivity contribution >= 4 is 0 Å². The molecule has 1 N–H and O–H groups in total. The molecular formula is C12H22F3N. The van der Waals surface area contributed by atoms with Crippen LogP contribution in [-0.2, 0) is 0 Å². The molecule has 0 aromatic heterocycles. The Morgan fingerprint density at radius 1 is 1.19 bits per heavy atom. The molecule has 0 atom stereocenters. The molecule has 0 saturated heterocycles. The molecule has 0 amide bonds. The van der Waals surface area contributed by atoms with Crippen molar-refractivity contribution in [3.05, 3.63) is 0 Å². The van der Waals surface area contributed by atoms with Crippen LogP contribution in [0, 0.1) is 11.8 Å². The molecule has 0 unspecified atom stereocenters. The van der Waals surface area contributed by atoms with E-state index in [2.05, 4.69) is 19.2 Å². The Labute approximate surface area is 95.8 Å². The average molecular weight is 237 g/mol. The summed E-state index contributed by atoms with van der Waals surface area (Å²) in [5.41, 5.74) is 0. The Morgan fingerprint density at radius 2 is 1.81 bits per heavy atom. The maximum Gasteiger partial charge on any atom is 0.389 e. The summed E-state index contributed by atoms with van der Waals surface area (Å²) in [6.07, 6.45) is -1.37. The summed E-state index contributed by atoms with van der Waals surface area (Å²) in [6, 6.07) is 0.554. The van der Waals surface area contributed by atoms with Gasteiger partial charge in [0.25, 0.3) is 0 Å². The third kappa shape index (κ3) is 5.19. The molecule has 1 saturated carbocycles. The normalized spacial score (nSPS) is 25.9. The molecule has 0 aromatic rings. The second-order valence-electron chi connectivity index (χ2n) is 5.20. The summed E-state index contributed by atoms with van der Waals surface area (Å²) in [5, 5.41) is 3.32. The summed E-state index contributed by atoms with van der Waals surface area (Å²) in [6.45, 7) is 5.18. The van der Waals surface area contributed by atoms with Gasteiger partial charge in [-0.05, 0) is 44.1 Å². The van der Waals surface area contributed by atoms with E-state index in [9.17, 15) is 13.2 Å². The van der Waals surface area contributed by atoms with Gasteiger partial charge in [0, 0.05) is 12.5 Å². The zero-order valence-electron chi connectivity index (χ0n) is 10.1. The highest BCUT2D eigenvalue weighted by Gasteiger charge is 2.30. The fourth-order valence-corrected chi connectivity index (χ4v) is 2.13. The van der Waals surface area contributed by atoms with Gasteiger partial charge in [0.2, 0.25) is 0 Å². The Balaban J connectivity index is 1.90. The van der Waals surface area contributed by atoms with Crippen molar-refractivity contribution in [2.24, 2.45) is 11.8 Å². The van der Waals surface area contributed by atoms with Crippen LogP contribution in [0.4, 0.5) is 13.2 Å². The minimum atomic E-state index is -3.99. The van der Waals surface area contributed by atoms with E-state index >= 15 is 0 Å². The van der Waals surface area contributed by atoms with Gasteiger partial charge < -0.3 is 5.32 Å². The first-order valence-corrected chi connectivity index (χ1v) is 6.18. The van der Waals surface area contributed by atoms with Gasteiger partial charge in [0.1, 0.15) is 0 Å². The van der Waals surface area contributed by atoms with Crippen LogP contribution in [0.3, 0.4) is 0 Å². The first kappa shape index (κ1) is 13.8. The highest BCUT2D eigenvalue weighted by Crippen LogP contribution is 2.33. The number of rotatable bonds is 6. The Kier molecular flexibility index (Phi) is 5.09. The molecule has 0 aliphatic heterocycles. The van der Waals surface area contributed by atoms with E-state index in [0.717, 1.165) is 18.4 Å².